The Morgan fingerprint density at radius 3 is 2.88 bits per heavy atom. The molecule has 0 aliphatic rings. The van der Waals surface area contributed by atoms with Crippen LogP contribution in [-0.4, -0.2) is 10.6 Å². The number of hydrogen-bond donors (Lipinski definition) is 0. The Hall–Kier alpha value is 1.50. The van der Waals surface area contributed by atoms with Crippen LogP contribution >= 0.6 is 11.8 Å². The van der Waals surface area contributed by atoms with Crippen LogP contribution in [0, 0.1) is 11.5 Å². The molecule has 0 aromatic rings. The first-order valence-electron chi connectivity index (χ1n) is 1.52. The zero-order valence-corrected chi connectivity index (χ0v) is 9.25. The summed E-state index contributed by atoms with van der Waals surface area (Å²) in [6, 6.07) is 0. The fraction of sp³-hybridized carbons (Fsp3) is 0.333. The summed E-state index contributed by atoms with van der Waals surface area (Å²) in [6.07, 6.45) is 1.60. The number of aliphatic imine (C=N–C) groups is 1. The van der Waals surface area contributed by atoms with E-state index in [2.05, 4.69) is 17.6 Å². The van der Waals surface area contributed by atoms with Crippen LogP contribution in [0.3, 0.4) is 0 Å². The van der Waals surface area contributed by atoms with E-state index in [0.717, 1.165) is 0 Å². The predicted octanol–water partition coefficient (Wildman–Crippen LogP) is -2.26. The second-order valence-corrected chi connectivity index (χ2v) is 2.11. The Bertz CT molecular complexity index is 97.9. The molecule has 0 amide bonds. The molecule has 0 N–H and O–H groups in total. The molecule has 0 rings (SSSR count). The molecule has 0 aromatic heterocycles. The van der Waals surface area contributed by atoms with Crippen molar-refractivity contribution < 1.29 is 51.4 Å². The third-order valence-electron chi connectivity index (χ3n) is 0.253. The van der Waals surface area contributed by atoms with Gasteiger partial charge in [0, 0.05) is 0 Å². The molecule has 0 saturated heterocycles. The first-order chi connectivity index (χ1) is 3.41. The number of thioether (sulfide) groups is 1. The largest absolute Gasteiger partial charge is 1.00 e. The number of hydrogen-bond acceptors (Lipinski definition) is 4. The van der Waals surface area contributed by atoms with Crippen molar-refractivity contribution >= 4 is 29.9 Å². The standard InChI is InChI=1S/C3H4N2S2.K/c4-1-5-2-7-3-6;/h2,6H,3H2;/q;+1/p-1. The average molecular weight is 170 g/mol. The van der Waals surface area contributed by atoms with Crippen LogP contribution in [0.2, 0.25) is 0 Å². The van der Waals surface area contributed by atoms with Gasteiger partial charge in [0.2, 0.25) is 6.19 Å². The van der Waals surface area contributed by atoms with Crippen molar-refractivity contribution in [3.63, 3.8) is 0 Å². The summed E-state index contributed by atoms with van der Waals surface area (Å²) < 4.78 is 0. The Morgan fingerprint density at radius 2 is 2.50 bits per heavy atom. The van der Waals surface area contributed by atoms with Crippen molar-refractivity contribution in [1.29, 1.82) is 5.26 Å². The maximum Gasteiger partial charge on any atom is 1.00 e. The van der Waals surface area contributed by atoms with E-state index >= 15 is 0 Å². The normalized spacial score (nSPS) is 8.00. The van der Waals surface area contributed by atoms with Crippen LogP contribution in [-0.2, 0) is 12.6 Å². The predicted molar refractivity (Wildman–Crippen MR) is 33.9 cm³/mol. The van der Waals surface area contributed by atoms with Crippen molar-refractivity contribution in [2.24, 2.45) is 4.99 Å². The maximum absolute atomic E-state index is 7.80. The van der Waals surface area contributed by atoms with Crippen LogP contribution in [0.4, 0.5) is 0 Å². The minimum absolute atomic E-state index is 0. The summed E-state index contributed by atoms with van der Waals surface area (Å²) in [6.45, 7) is 0. The van der Waals surface area contributed by atoms with E-state index in [-0.39, 0.29) is 51.4 Å². The summed E-state index contributed by atoms with van der Waals surface area (Å²) in [7, 11) is 0. The van der Waals surface area contributed by atoms with Crippen LogP contribution in [0.15, 0.2) is 4.99 Å². The molecule has 0 saturated carbocycles. The van der Waals surface area contributed by atoms with Gasteiger partial charge in [0.15, 0.2) is 0 Å². The third kappa shape index (κ3) is 10.5. The molecule has 0 unspecified atom stereocenters. The Kier molecular flexibility index (Phi) is 17.3. The molecule has 0 fully saturated rings. The minimum Gasteiger partial charge on any atom is -0.782 e. The quantitative estimate of drug-likeness (QED) is 0.154. The fourth-order valence-electron chi connectivity index (χ4n) is 0.0913. The van der Waals surface area contributed by atoms with Gasteiger partial charge >= 0.3 is 51.4 Å². The van der Waals surface area contributed by atoms with Crippen molar-refractivity contribution in [3.8, 4) is 6.19 Å². The van der Waals surface area contributed by atoms with E-state index in [4.69, 9.17) is 5.26 Å². The number of nitriles is 1. The van der Waals surface area contributed by atoms with Gasteiger partial charge in [-0.05, 0) is 0 Å². The van der Waals surface area contributed by atoms with E-state index in [0.29, 0.717) is 5.08 Å². The minimum atomic E-state index is 0. The second kappa shape index (κ2) is 11.3. The Labute approximate surface area is 101 Å². The van der Waals surface area contributed by atoms with Gasteiger partial charge in [-0.2, -0.15) is 10.3 Å². The molecule has 5 heteroatoms. The maximum atomic E-state index is 7.80. The summed E-state index contributed by atoms with van der Waals surface area (Å²) >= 11 is 5.86. The summed E-state index contributed by atoms with van der Waals surface area (Å²) in [5, 5.41) is 8.36. The molecule has 0 aliphatic carbocycles. The van der Waals surface area contributed by atoms with Gasteiger partial charge in [-0.3, -0.25) is 0 Å². The van der Waals surface area contributed by atoms with E-state index in [1.54, 1.807) is 6.19 Å². The first kappa shape index (κ1) is 12.2. The molecule has 0 aromatic carbocycles. The van der Waals surface area contributed by atoms with Gasteiger partial charge in [0.1, 0.15) is 0 Å². The van der Waals surface area contributed by atoms with Crippen LogP contribution in [0.1, 0.15) is 0 Å². The third-order valence-corrected chi connectivity index (χ3v) is 1.05. The van der Waals surface area contributed by atoms with E-state index in [1.807, 2.05) is 0 Å². The number of rotatable bonds is 2. The molecular weight excluding hydrogens is 167 g/mol. The zero-order chi connectivity index (χ0) is 5.54. The van der Waals surface area contributed by atoms with Crippen molar-refractivity contribution in [1.82, 2.24) is 0 Å². The molecule has 0 heterocycles. The summed E-state index contributed by atoms with van der Waals surface area (Å²) in [5.41, 5.74) is 1.44. The molecule has 0 spiro atoms. The molecule has 2 nitrogen and oxygen atoms in total. The van der Waals surface area contributed by atoms with Crippen molar-refractivity contribution in [2.45, 2.75) is 0 Å². The van der Waals surface area contributed by atoms with Crippen molar-refractivity contribution in [3.05, 3.63) is 0 Å². The smallest absolute Gasteiger partial charge is 0.782 e. The van der Waals surface area contributed by atoms with Crippen molar-refractivity contribution in [2.75, 3.05) is 5.08 Å². The molecule has 0 aliphatic heterocycles. The fourth-order valence-corrected chi connectivity index (χ4v) is 0.456. The first-order valence-corrected chi connectivity index (χ1v) is 3.14. The Morgan fingerprint density at radius 1 is 1.88 bits per heavy atom. The topological polar surface area (TPSA) is 36.1 Å². The van der Waals surface area contributed by atoms with Gasteiger partial charge in [0.05, 0.1) is 5.55 Å². The zero-order valence-electron chi connectivity index (χ0n) is 4.50. The van der Waals surface area contributed by atoms with Gasteiger partial charge in [0.25, 0.3) is 0 Å². The number of nitrogens with zero attached hydrogens (tertiary/aromatic N) is 2. The van der Waals surface area contributed by atoms with Gasteiger partial charge in [-0.1, -0.05) is 0 Å². The molecule has 8 heavy (non-hydrogen) atoms. The van der Waals surface area contributed by atoms with Gasteiger partial charge in [-0.15, -0.1) is 16.8 Å². The van der Waals surface area contributed by atoms with Crippen LogP contribution < -0.4 is 51.4 Å². The molecular formula is C3H3KN2S2. The van der Waals surface area contributed by atoms with Gasteiger partial charge < -0.3 is 12.6 Å². The molecule has 0 bridgehead atoms. The second-order valence-electron chi connectivity index (χ2n) is 0.619. The van der Waals surface area contributed by atoms with E-state index < -0.39 is 0 Å². The summed E-state index contributed by atoms with van der Waals surface area (Å²) in [5.74, 6) is 0. The SMILES string of the molecule is N#CN=CSC[S-].[K+]. The molecule has 0 atom stereocenters. The molecule has 0 radical (unpaired) electrons. The molecule has 38 valence electrons. The Balaban J connectivity index is 0. The van der Waals surface area contributed by atoms with Crippen LogP contribution in [0.5, 0.6) is 0 Å². The monoisotopic (exact) mass is 170 g/mol. The average Bonchev–Trinajstić information content (AvgIpc) is 1.69. The van der Waals surface area contributed by atoms with Gasteiger partial charge in [-0.25, -0.2) is 0 Å². The van der Waals surface area contributed by atoms with E-state index in [1.165, 1.54) is 17.3 Å². The van der Waals surface area contributed by atoms with E-state index in [9.17, 15) is 0 Å². The van der Waals surface area contributed by atoms with Crippen LogP contribution in [0.25, 0.3) is 0 Å². The summed E-state index contributed by atoms with van der Waals surface area (Å²) in [4.78, 5) is 3.24.